The Labute approximate surface area is 138 Å². The van der Waals surface area contributed by atoms with Gasteiger partial charge in [-0.3, -0.25) is 0 Å². The highest BCUT2D eigenvalue weighted by Crippen LogP contribution is 2.38. The predicted molar refractivity (Wildman–Crippen MR) is 90.3 cm³/mol. The summed E-state index contributed by atoms with van der Waals surface area (Å²) >= 11 is 10.9. The van der Waals surface area contributed by atoms with E-state index < -0.39 is 0 Å². The molecule has 100 valence electrons. The molecule has 1 atom stereocenters. The number of halogens is 3. The molecule has 0 spiro atoms. The second kappa shape index (κ2) is 6.42. The Kier molecular flexibility index (Phi) is 5.09. The van der Waals surface area contributed by atoms with Gasteiger partial charge >= 0.3 is 0 Å². The van der Waals surface area contributed by atoms with Gasteiger partial charge in [-0.25, -0.2) is 0 Å². The lowest BCUT2D eigenvalue weighted by Gasteiger charge is -2.16. The van der Waals surface area contributed by atoms with Gasteiger partial charge < -0.3 is 4.74 Å². The number of alkyl halides is 1. The maximum absolute atomic E-state index is 5.24. The first-order chi connectivity index (χ1) is 9.02. The van der Waals surface area contributed by atoms with Crippen LogP contribution in [0, 0.1) is 6.92 Å². The molecule has 2 aromatic carbocycles. The van der Waals surface area contributed by atoms with Crippen LogP contribution in [0.2, 0.25) is 0 Å². The number of rotatable bonds is 3. The first-order valence-corrected chi connectivity index (χ1v) is 8.26. The minimum atomic E-state index is 0.154. The molecule has 0 saturated carbocycles. The molecule has 0 heterocycles. The summed E-state index contributed by atoms with van der Waals surface area (Å²) in [6.45, 7) is 2.10. The molecule has 2 aromatic rings. The van der Waals surface area contributed by atoms with Crippen molar-refractivity contribution < 1.29 is 4.74 Å². The second-order valence-corrected chi connectivity index (χ2v) is 6.94. The number of ether oxygens (including phenoxy) is 1. The Morgan fingerprint density at radius 3 is 2.26 bits per heavy atom. The Balaban J connectivity index is 2.41. The summed E-state index contributed by atoms with van der Waals surface area (Å²) in [5.41, 5.74) is 3.65. The highest BCUT2D eigenvalue weighted by atomic mass is 79.9. The molecule has 1 unspecified atom stereocenters. The van der Waals surface area contributed by atoms with E-state index >= 15 is 0 Å². The monoisotopic (exact) mass is 446 g/mol. The van der Waals surface area contributed by atoms with Gasteiger partial charge in [0.2, 0.25) is 0 Å². The molecule has 0 amide bonds. The summed E-state index contributed by atoms with van der Waals surface area (Å²) < 4.78 is 7.39. The van der Waals surface area contributed by atoms with E-state index in [-0.39, 0.29) is 4.83 Å². The molecular weight excluding hydrogens is 436 g/mol. The average Bonchev–Trinajstić information content (AvgIpc) is 2.37. The molecule has 0 aromatic heterocycles. The third-order valence-electron chi connectivity index (χ3n) is 2.99. The van der Waals surface area contributed by atoms with Gasteiger partial charge in [-0.15, -0.1) is 0 Å². The Bertz CT molecular complexity index is 596. The summed E-state index contributed by atoms with van der Waals surface area (Å²) in [5, 5.41) is 0. The summed E-state index contributed by atoms with van der Waals surface area (Å²) in [7, 11) is 1.69. The van der Waals surface area contributed by atoms with Crippen molar-refractivity contribution in [2.45, 2.75) is 11.8 Å². The van der Waals surface area contributed by atoms with Gasteiger partial charge in [0.05, 0.1) is 11.9 Å². The van der Waals surface area contributed by atoms with Crippen molar-refractivity contribution in [1.82, 2.24) is 0 Å². The van der Waals surface area contributed by atoms with E-state index in [0.717, 1.165) is 14.7 Å². The lowest BCUT2D eigenvalue weighted by molar-refractivity contribution is 0.414. The van der Waals surface area contributed by atoms with E-state index in [4.69, 9.17) is 4.74 Å². The number of hydrogen-bond donors (Lipinski definition) is 0. The van der Waals surface area contributed by atoms with Crippen molar-refractivity contribution in [3.63, 3.8) is 0 Å². The summed E-state index contributed by atoms with van der Waals surface area (Å²) in [5.74, 6) is 0.885. The van der Waals surface area contributed by atoms with Crippen LogP contribution < -0.4 is 4.74 Å². The first-order valence-electron chi connectivity index (χ1n) is 5.76. The van der Waals surface area contributed by atoms with Crippen LogP contribution in [0.5, 0.6) is 5.75 Å². The van der Waals surface area contributed by atoms with Gasteiger partial charge in [0.1, 0.15) is 5.75 Å². The smallest absolute Gasteiger partial charge is 0.119 e. The Morgan fingerprint density at radius 2 is 1.68 bits per heavy atom. The average molecular weight is 449 g/mol. The van der Waals surface area contributed by atoms with Crippen molar-refractivity contribution >= 4 is 47.8 Å². The highest BCUT2D eigenvalue weighted by Gasteiger charge is 2.16. The predicted octanol–water partition coefficient (Wildman–Crippen LogP) is 6.01. The maximum atomic E-state index is 5.24. The van der Waals surface area contributed by atoms with E-state index in [1.54, 1.807) is 7.11 Å². The molecule has 0 bridgehead atoms. The third-order valence-corrected chi connectivity index (χ3v) is 5.15. The van der Waals surface area contributed by atoms with Crippen molar-refractivity contribution in [3.8, 4) is 5.75 Å². The molecule has 0 radical (unpaired) electrons. The van der Waals surface area contributed by atoms with Crippen molar-refractivity contribution in [2.24, 2.45) is 0 Å². The molecule has 0 fully saturated rings. The van der Waals surface area contributed by atoms with Crippen LogP contribution >= 0.6 is 47.8 Å². The molecular formula is C15H13Br3O. The Hall–Kier alpha value is -0.320. The number of benzene rings is 2. The minimum Gasteiger partial charge on any atom is -0.497 e. The molecule has 4 heteroatoms. The van der Waals surface area contributed by atoms with Crippen LogP contribution in [0.1, 0.15) is 21.5 Å². The van der Waals surface area contributed by atoms with Crippen LogP contribution in [0.4, 0.5) is 0 Å². The van der Waals surface area contributed by atoms with Gasteiger partial charge in [0.25, 0.3) is 0 Å². The highest BCUT2D eigenvalue weighted by molar-refractivity contribution is 9.11. The quantitative estimate of drug-likeness (QED) is 0.522. The lowest BCUT2D eigenvalue weighted by atomic mass is 10.0. The summed E-state index contributed by atoms with van der Waals surface area (Å²) in [4.78, 5) is 0.154. The van der Waals surface area contributed by atoms with Crippen LogP contribution in [-0.4, -0.2) is 7.11 Å². The van der Waals surface area contributed by atoms with Gasteiger partial charge in [0, 0.05) is 8.95 Å². The van der Waals surface area contributed by atoms with Crippen LogP contribution in [-0.2, 0) is 0 Å². The number of hydrogen-bond acceptors (Lipinski definition) is 1. The largest absolute Gasteiger partial charge is 0.497 e. The fraction of sp³-hybridized carbons (Fsp3) is 0.200. The van der Waals surface area contributed by atoms with Gasteiger partial charge in [-0.05, 0) is 47.9 Å². The van der Waals surface area contributed by atoms with E-state index in [0.29, 0.717) is 0 Å². The van der Waals surface area contributed by atoms with Crippen LogP contribution in [0.25, 0.3) is 0 Å². The fourth-order valence-electron chi connectivity index (χ4n) is 1.93. The van der Waals surface area contributed by atoms with E-state index in [1.165, 1.54) is 16.7 Å². The third kappa shape index (κ3) is 3.41. The summed E-state index contributed by atoms with van der Waals surface area (Å²) in [6, 6.07) is 12.4. The van der Waals surface area contributed by atoms with Crippen molar-refractivity contribution in [3.05, 3.63) is 62.0 Å². The molecule has 0 aliphatic carbocycles. The minimum absolute atomic E-state index is 0.154. The second-order valence-electron chi connectivity index (χ2n) is 4.25. The van der Waals surface area contributed by atoms with Crippen molar-refractivity contribution in [1.29, 1.82) is 0 Å². The zero-order valence-electron chi connectivity index (χ0n) is 10.6. The zero-order valence-corrected chi connectivity index (χ0v) is 15.3. The van der Waals surface area contributed by atoms with E-state index in [1.807, 2.05) is 12.1 Å². The normalized spacial score (nSPS) is 12.3. The van der Waals surface area contributed by atoms with E-state index in [9.17, 15) is 0 Å². The number of methoxy groups -OCH3 is 1. The molecule has 0 aliphatic heterocycles. The molecule has 1 nitrogen and oxygen atoms in total. The fourth-order valence-corrected chi connectivity index (χ4v) is 4.43. The van der Waals surface area contributed by atoms with E-state index in [2.05, 4.69) is 79.0 Å². The molecule has 19 heavy (non-hydrogen) atoms. The molecule has 0 N–H and O–H groups in total. The SMILES string of the molecule is COc1ccc(C(Br)c2ccc(Br)cc2Br)c(C)c1. The summed E-state index contributed by atoms with van der Waals surface area (Å²) in [6.07, 6.45) is 0. The molecule has 0 saturated heterocycles. The van der Waals surface area contributed by atoms with Crippen LogP contribution in [0.15, 0.2) is 45.3 Å². The topological polar surface area (TPSA) is 9.23 Å². The van der Waals surface area contributed by atoms with Gasteiger partial charge in [-0.2, -0.15) is 0 Å². The van der Waals surface area contributed by atoms with Crippen molar-refractivity contribution in [2.75, 3.05) is 7.11 Å². The Morgan fingerprint density at radius 1 is 1.00 bits per heavy atom. The zero-order chi connectivity index (χ0) is 14.0. The van der Waals surface area contributed by atoms with Gasteiger partial charge in [0.15, 0.2) is 0 Å². The maximum Gasteiger partial charge on any atom is 0.119 e. The van der Waals surface area contributed by atoms with Crippen LogP contribution in [0.3, 0.4) is 0 Å². The molecule has 0 aliphatic rings. The lowest BCUT2D eigenvalue weighted by Crippen LogP contribution is -1.97. The first kappa shape index (κ1) is 15.1. The van der Waals surface area contributed by atoms with Gasteiger partial charge in [-0.1, -0.05) is 59.9 Å². The molecule has 2 rings (SSSR count). The number of aryl methyl sites for hydroxylation is 1. The standard InChI is InChI=1S/C15H13Br3O/c1-9-7-11(19-2)4-6-12(9)15(18)13-5-3-10(16)8-14(13)17/h3-8,15H,1-2H3.